The van der Waals surface area contributed by atoms with Crippen LogP contribution in [-0.4, -0.2) is 28.7 Å². The lowest BCUT2D eigenvalue weighted by atomic mass is 9.95. The molecule has 5 nitrogen and oxygen atoms in total. The van der Waals surface area contributed by atoms with Gasteiger partial charge in [-0.3, -0.25) is 4.79 Å². The van der Waals surface area contributed by atoms with Crippen LogP contribution >= 0.6 is 15.9 Å². The van der Waals surface area contributed by atoms with Crippen LogP contribution in [0.4, 0.5) is 5.69 Å². The number of nitrogens with one attached hydrogen (secondary N) is 1. The third-order valence-corrected chi connectivity index (χ3v) is 5.37. The minimum Gasteiger partial charge on any atom is -0.399 e. The number of amides is 1. The van der Waals surface area contributed by atoms with Gasteiger partial charge in [0.2, 0.25) is 0 Å². The van der Waals surface area contributed by atoms with E-state index < -0.39 is 0 Å². The van der Waals surface area contributed by atoms with Gasteiger partial charge in [-0.2, -0.15) is 0 Å². The molecule has 4 N–H and O–H groups in total. The predicted molar refractivity (Wildman–Crippen MR) is 113 cm³/mol. The Morgan fingerprint density at radius 2 is 1.96 bits per heavy atom. The molecule has 0 saturated heterocycles. The maximum Gasteiger partial charge on any atom is 0.267 e. The Kier molecular flexibility index (Phi) is 5.58. The number of hydrogen-bond acceptors (Lipinski definition) is 3. The van der Waals surface area contributed by atoms with Crippen LogP contribution in [0.1, 0.15) is 29.9 Å². The van der Waals surface area contributed by atoms with Crippen LogP contribution < -0.4 is 11.1 Å². The number of aliphatic hydroxyl groups excluding tert-OH is 1. The fraction of sp³-hybridized carbons (Fsp3) is 0.286. The fourth-order valence-corrected chi connectivity index (χ4v) is 3.32. The van der Waals surface area contributed by atoms with Crippen LogP contribution in [0.25, 0.3) is 10.9 Å². The standard InChI is InChI=1S/C21H24BrN3O2/c1-21(2,13-26)12-24-20(27)19-10-15-9-16(23)7-8-18(15)25(19)11-14-5-3-4-6-17(14)22/h3-10,26H,11-13,23H2,1-2H3,(H,24,27). The Hall–Kier alpha value is -2.31. The molecule has 1 aromatic heterocycles. The van der Waals surface area contributed by atoms with Gasteiger partial charge < -0.3 is 20.7 Å². The smallest absolute Gasteiger partial charge is 0.267 e. The first kappa shape index (κ1) is 19.5. The zero-order chi connectivity index (χ0) is 19.6. The number of aromatic nitrogens is 1. The molecule has 3 aromatic rings. The number of nitrogens with zero attached hydrogens (tertiary/aromatic N) is 1. The molecule has 0 aliphatic heterocycles. The summed E-state index contributed by atoms with van der Waals surface area (Å²) >= 11 is 3.58. The maximum atomic E-state index is 12.9. The number of carbonyl (C=O) groups excluding carboxylic acids is 1. The molecule has 0 saturated carbocycles. The summed E-state index contributed by atoms with van der Waals surface area (Å²) in [7, 11) is 0. The molecule has 0 atom stereocenters. The van der Waals surface area contributed by atoms with E-state index in [1.807, 2.05) is 66.9 Å². The summed E-state index contributed by atoms with van der Waals surface area (Å²) in [5, 5.41) is 13.3. The van der Waals surface area contributed by atoms with Crippen molar-refractivity contribution < 1.29 is 9.90 Å². The Labute approximate surface area is 167 Å². The topological polar surface area (TPSA) is 80.3 Å². The lowest BCUT2D eigenvalue weighted by Crippen LogP contribution is -2.36. The molecule has 6 heteroatoms. The third kappa shape index (κ3) is 4.34. The first-order valence-electron chi connectivity index (χ1n) is 8.82. The minimum atomic E-state index is -0.376. The molecule has 1 heterocycles. The van der Waals surface area contributed by atoms with Gasteiger partial charge in [0.05, 0.1) is 0 Å². The van der Waals surface area contributed by atoms with Gasteiger partial charge in [-0.25, -0.2) is 0 Å². The van der Waals surface area contributed by atoms with Crippen molar-refractivity contribution in [3.8, 4) is 0 Å². The van der Waals surface area contributed by atoms with Gasteiger partial charge in [0.1, 0.15) is 5.69 Å². The van der Waals surface area contributed by atoms with E-state index in [1.165, 1.54) is 0 Å². The van der Waals surface area contributed by atoms with E-state index in [4.69, 9.17) is 5.73 Å². The second-order valence-electron chi connectivity index (χ2n) is 7.53. The molecular formula is C21H24BrN3O2. The molecule has 0 aliphatic carbocycles. The summed E-state index contributed by atoms with van der Waals surface area (Å²) in [5.74, 6) is -0.168. The Morgan fingerprint density at radius 1 is 1.22 bits per heavy atom. The van der Waals surface area contributed by atoms with Crippen molar-refractivity contribution in [2.75, 3.05) is 18.9 Å². The van der Waals surface area contributed by atoms with Crippen molar-refractivity contribution in [3.05, 3.63) is 64.3 Å². The highest BCUT2D eigenvalue weighted by atomic mass is 79.9. The summed E-state index contributed by atoms with van der Waals surface area (Å²) in [4.78, 5) is 12.9. The van der Waals surface area contributed by atoms with E-state index in [1.54, 1.807) is 0 Å². The van der Waals surface area contributed by atoms with Crippen LogP contribution in [0, 0.1) is 5.41 Å². The number of hydrogen-bond donors (Lipinski definition) is 3. The van der Waals surface area contributed by atoms with Gasteiger partial charge in [-0.15, -0.1) is 0 Å². The number of halogens is 1. The summed E-state index contributed by atoms with van der Waals surface area (Å²) in [6.07, 6.45) is 0. The molecule has 0 fully saturated rings. The molecule has 0 aliphatic rings. The zero-order valence-electron chi connectivity index (χ0n) is 15.5. The number of anilines is 1. The summed E-state index contributed by atoms with van der Waals surface area (Å²) in [6, 6.07) is 15.5. The second-order valence-corrected chi connectivity index (χ2v) is 8.38. The van der Waals surface area contributed by atoms with E-state index in [-0.39, 0.29) is 17.9 Å². The van der Waals surface area contributed by atoms with Crippen LogP contribution in [0.5, 0.6) is 0 Å². The largest absolute Gasteiger partial charge is 0.399 e. The van der Waals surface area contributed by atoms with Crippen molar-refractivity contribution in [2.45, 2.75) is 20.4 Å². The van der Waals surface area contributed by atoms with E-state index >= 15 is 0 Å². The van der Waals surface area contributed by atoms with Crippen molar-refractivity contribution in [1.29, 1.82) is 0 Å². The van der Waals surface area contributed by atoms with Crippen LogP contribution in [0.15, 0.2) is 53.0 Å². The molecule has 0 spiro atoms. The highest BCUT2D eigenvalue weighted by Gasteiger charge is 2.21. The number of carbonyl (C=O) groups is 1. The Balaban J connectivity index is 2.01. The SMILES string of the molecule is CC(C)(CO)CNC(=O)c1cc2cc(N)ccc2n1Cc1ccccc1Br. The predicted octanol–water partition coefficient (Wildman–Crippen LogP) is 3.78. The zero-order valence-corrected chi connectivity index (χ0v) is 17.1. The van der Waals surface area contributed by atoms with Crippen LogP contribution in [0.3, 0.4) is 0 Å². The quantitative estimate of drug-likeness (QED) is 0.521. The first-order chi connectivity index (χ1) is 12.8. The number of fused-ring (bicyclic) bond motifs is 1. The van der Waals surface area contributed by atoms with E-state index in [9.17, 15) is 9.90 Å². The molecule has 27 heavy (non-hydrogen) atoms. The second kappa shape index (κ2) is 7.74. The third-order valence-electron chi connectivity index (χ3n) is 4.60. The summed E-state index contributed by atoms with van der Waals surface area (Å²) in [5.41, 5.74) is 8.81. The Morgan fingerprint density at radius 3 is 2.67 bits per heavy atom. The molecule has 3 rings (SSSR count). The lowest BCUT2D eigenvalue weighted by Gasteiger charge is -2.22. The molecule has 2 aromatic carbocycles. The van der Waals surface area contributed by atoms with Gasteiger partial charge in [-0.05, 0) is 35.9 Å². The first-order valence-corrected chi connectivity index (χ1v) is 9.61. The fourth-order valence-electron chi connectivity index (χ4n) is 2.91. The summed E-state index contributed by atoms with van der Waals surface area (Å²) < 4.78 is 2.99. The normalized spacial score (nSPS) is 11.7. The summed E-state index contributed by atoms with van der Waals surface area (Å²) in [6.45, 7) is 4.76. The number of rotatable bonds is 6. The van der Waals surface area contributed by atoms with E-state index in [2.05, 4.69) is 21.2 Å². The molecule has 1 amide bonds. The van der Waals surface area contributed by atoms with Crippen molar-refractivity contribution in [2.24, 2.45) is 5.41 Å². The number of aliphatic hydroxyl groups is 1. The number of benzene rings is 2. The van der Waals surface area contributed by atoms with Crippen molar-refractivity contribution in [1.82, 2.24) is 9.88 Å². The highest BCUT2D eigenvalue weighted by molar-refractivity contribution is 9.10. The van der Waals surface area contributed by atoms with Gasteiger partial charge in [0.15, 0.2) is 0 Å². The minimum absolute atomic E-state index is 0.00373. The van der Waals surface area contributed by atoms with Gasteiger partial charge in [-0.1, -0.05) is 48.0 Å². The monoisotopic (exact) mass is 429 g/mol. The van der Waals surface area contributed by atoms with Crippen LogP contribution in [0.2, 0.25) is 0 Å². The lowest BCUT2D eigenvalue weighted by molar-refractivity contribution is 0.0903. The highest BCUT2D eigenvalue weighted by Crippen LogP contribution is 2.26. The maximum absolute atomic E-state index is 12.9. The van der Waals surface area contributed by atoms with E-state index in [0.717, 1.165) is 20.9 Å². The van der Waals surface area contributed by atoms with Crippen molar-refractivity contribution >= 4 is 38.4 Å². The van der Waals surface area contributed by atoms with Gasteiger partial charge >= 0.3 is 0 Å². The molecule has 0 radical (unpaired) electrons. The Bertz CT molecular complexity index is 979. The number of nitrogens with two attached hydrogens (primary N) is 1. The molecular weight excluding hydrogens is 406 g/mol. The van der Waals surface area contributed by atoms with Gasteiger partial charge in [0, 0.05) is 46.2 Å². The van der Waals surface area contributed by atoms with Crippen LogP contribution in [-0.2, 0) is 6.54 Å². The molecule has 142 valence electrons. The van der Waals surface area contributed by atoms with Crippen molar-refractivity contribution in [3.63, 3.8) is 0 Å². The molecule has 0 bridgehead atoms. The van der Waals surface area contributed by atoms with Gasteiger partial charge in [0.25, 0.3) is 5.91 Å². The number of nitrogen functional groups attached to an aromatic ring is 1. The molecule has 0 unspecified atom stereocenters. The van der Waals surface area contributed by atoms with E-state index in [0.29, 0.717) is 24.5 Å². The average Bonchev–Trinajstić information content (AvgIpc) is 2.99. The average molecular weight is 430 g/mol.